The highest BCUT2D eigenvalue weighted by atomic mass is 35.5. The first-order valence-electron chi connectivity index (χ1n) is 7.38. The molecule has 130 valence electrons. The molecule has 0 bridgehead atoms. The molecule has 24 heavy (non-hydrogen) atoms. The summed E-state index contributed by atoms with van der Waals surface area (Å²) in [6.45, 7) is 3.87. The van der Waals surface area contributed by atoms with Crippen LogP contribution in [0.3, 0.4) is 0 Å². The van der Waals surface area contributed by atoms with Crippen LogP contribution in [-0.4, -0.2) is 28.3 Å². The molecule has 6 heteroatoms. The zero-order valence-electron chi connectivity index (χ0n) is 14.3. The number of hydrogen-bond donors (Lipinski definition) is 1. The molecular formula is C18H23ClN2O2S. The first kappa shape index (κ1) is 20.2. The number of rotatable bonds is 4. The van der Waals surface area contributed by atoms with Gasteiger partial charge in [0.2, 0.25) is 0 Å². The molecule has 4 nitrogen and oxygen atoms in total. The Morgan fingerprint density at radius 1 is 1.17 bits per heavy atom. The van der Waals surface area contributed by atoms with Crippen LogP contribution in [0.5, 0.6) is 0 Å². The maximum Gasteiger partial charge on any atom is 0.254 e. The van der Waals surface area contributed by atoms with Crippen LogP contribution in [0, 0.1) is 6.92 Å². The molecule has 0 spiro atoms. The number of carbonyl (C=O) groups is 1. The normalized spacial score (nSPS) is 12.8. The number of anilines is 1. The molecule has 0 aliphatic heterocycles. The number of halogens is 1. The van der Waals surface area contributed by atoms with E-state index in [1.807, 2.05) is 44.2 Å². The van der Waals surface area contributed by atoms with Gasteiger partial charge in [0.1, 0.15) is 0 Å². The summed E-state index contributed by atoms with van der Waals surface area (Å²) >= 11 is 0. The summed E-state index contributed by atoms with van der Waals surface area (Å²) in [4.78, 5) is 15.2. The van der Waals surface area contributed by atoms with Gasteiger partial charge in [-0.1, -0.05) is 18.2 Å². The lowest BCUT2D eigenvalue weighted by Crippen LogP contribution is -2.30. The van der Waals surface area contributed by atoms with Gasteiger partial charge in [0.15, 0.2) is 0 Å². The van der Waals surface area contributed by atoms with E-state index < -0.39 is 10.8 Å². The van der Waals surface area contributed by atoms with E-state index in [1.165, 1.54) is 0 Å². The van der Waals surface area contributed by atoms with Gasteiger partial charge in [-0.05, 0) is 49.2 Å². The number of hydrogen-bond acceptors (Lipinski definition) is 3. The minimum atomic E-state index is -1.000. The first-order chi connectivity index (χ1) is 10.8. The molecule has 0 aliphatic carbocycles. The molecule has 2 aromatic rings. The lowest BCUT2D eigenvalue weighted by molar-refractivity contribution is 0.0742. The van der Waals surface area contributed by atoms with Gasteiger partial charge in [-0.15, -0.1) is 12.4 Å². The van der Waals surface area contributed by atoms with E-state index in [9.17, 15) is 9.00 Å². The molecule has 2 N–H and O–H groups in total. The number of aryl methyl sites for hydroxylation is 1. The van der Waals surface area contributed by atoms with Gasteiger partial charge < -0.3 is 10.6 Å². The minimum absolute atomic E-state index is 0. The fraction of sp³-hybridized carbons (Fsp3) is 0.278. The van der Waals surface area contributed by atoms with Gasteiger partial charge in [-0.2, -0.15) is 0 Å². The molecule has 0 fully saturated rings. The molecule has 0 aliphatic rings. The lowest BCUT2D eigenvalue weighted by atomic mass is 10.0. The molecule has 2 rings (SSSR count). The van der Waals surface area contributed by atoms with E-state index in [4.69, 9.17) is 5.73 Å². The lowest BCUT2D eigenvalue weighted by Gasteiger charge is -2.26. The Labute approximate surface area is 151 Å². The summed E-state index contributed by atoms with van der Waals surface area (Å²) in [6.07, 6.45) is 1.65. The second-order valence-electron chi connectivity index (χ2n) is 5.69. The molecule has 0 radical (unpaired) electrons. The fourth-order valence-electron chi connectivity index (χ4n) is 2.40. The Balaban J connectivity index is 0.00000288. The van der Waals surface area contributed by atoms with E-state index in [0.29, 0.717) is 11.3 Å². The van der Waals surface area contributed by atoms with Gasteiger partial charge >= 0.3 is 0 Å². The van der Waals surface area contributed by atoms with Crippen LogP contribution >= 0.6 is 12.4 Å². The van der Waals surface area contributed by atoms with Gasteiger partial charge in [-0.3, -0.25) is 9.00 Å². The van der Waals surface area contributed by atoms with E-state index in [0.717, 1.165) is 16.0 Å². The Hall–Kier alpha value is -1.85. The van der Waals surface area contributed by atoms with Gasteiger partial charge in [0.25, 0.3) is 5.91 Å². The van der Waals surface area contributed by atoms with E-state index in [-0.39, 0.29) is 24.4 Å². The summed E-state index contributed by atoms with van der Waals surface area (Å²) in [5, 5.41) is 0. The molecule has 0 saturated heterocycles. The highest BCUT2D eigenvalue weighted by Crippen LogP contribution is 2.23. The van der Waals surface area contributed by atoms with Crippen LogP contribution in [0.15, 0.2) is 47.4 Å². The number of nitrogens with zero attached hydrogens (tertiary/aromatic N) is 1. The number of benzene rings is 2. The van der Waals surface area contributed by atoms with Crippen LogP contribution in [0.2, 0.25) is 0 Å². The molecule has 2 atom stereocenters. The molecule has 2 aromatic carbocycles. The Bertz CT molecular complexity index is 747. The van der Waals surface area contributed by atoms with Gasteiger partial charge in [0, 0.05) is 40.2 Å². The van der Waals surface area contributed by atoms with Crippen LogP contribution in [0.4, 0.5) is 5.69 Å². The Morgan fingerprint density at radius 2 is 1.75 bits per heavy atom. The molecular weight excluding hydrogens is 344 g/mol. The fourth-order valence-corrected chi connectivity index (χ4v) is 2.92. The van der Waals surface area contributed by atoms with Crippen molar-refractivity contribution in [2.75, 3.05) is 19.0 Å². The van der Waals surface area contributed by atoms with E-state index >= 15 is 0 Å². The van der Waals surface area contributed by atoms with Crippen LogP contribution < -0.4 is 5.73 Å². The predicted molar refractivity (Wildman–Crippen MR) is 102 cm³/mol. The van der Waals surface area contributed by atoms with E-state index in [2.05, 4.69) is 0 Å². The number of nitrogens with two attached hydrogens (primary N) is 1. The van der Waals surface area contributed by atoms with Crippen molar-refractivity contribution in [1.82, 2.24) is 4.90 Å². The number of carbonyl (C=O) groups excluding carboxylic acids is 1. The molecule has 0 saturated carbocycles. The molecule has 0 aromatic heterocycles. The van der Waals surface area contributed by atoms with Crippen molar-refractivity contribution in [3.8, 4) is 0 Å². The summed E-state index contributed by atoms with van der Waals surface area (Å²) in [5.41, 5.74) is 8.89. The Kier molecular flexibility index (Phi) is 6.99. The van der Waals surface area contributed by atoms with Crippen molar-refractivity contribution in [3.63, 3.8) is 0 Å². The maximum absolute atomic E-state index is 12.7. The third-order valence-corrected chi connectivity index (χ3v) is 5.02. The third-order valence-electron chi connectivity index (χ3n) is 4.09. The maximum atomic E-state index is 12.7. The van der Waals surface area contributed by atoms with Crippen molar-refractivity contribution < 1.29 is 9.00 Å². The molecule has 0 heterocycles. The second kappa shape index (κ2) is 8.31. The van der Waals surface area contributed by atoms with Gasteiger partial charge in [-0.25, -0.2) is 0 Å². The van der Waals surface area contributed by atoms with Crippen LogP contribution in [-0.2, 0) is 10.8 Å². The second-order valence-corrected chi connectivity index (χ2v) is 7.07. The number of nitrogen functional groups attached to an aromatic ring is 1. The number of amides is 1. The summed E-state index contributed by atoms with van der Waals surface area (Å²) in [7, 11) is 0.779. The van der Waals surface area contributed by atoms with Crippen molar-refractivity contribution in [3.05, 3.63) is 59.2 Å². The largest absolute Gasteiger partial charge is 0.399 e. The topological polar surface area (TPSA) is 63.4 Å². The van der Waals surface area contributed by atoms with Crippen molar-refractivity contribution in [1.29, 1.82) is 0 Å². The molecule has 2 unspecified atom stereocenters. The quantitative estimate of drug-likeness (QED) is 0.841. The standard InChI is InChI=1S/C18H22N2O2S.ClH/c1-12-5-8-15(19)11-17(12)18(21)20(3)13(2)14-6-9-16(10-7-14)23(4)22;/h5-11,13H,19H2,1-4H3;1H. The zero-order valence-corrected chi connectivity index (χ0v) is 15.9. The van der Waals surface area contributed by atoms with Crippen molar-refractivity contribution in [2.45, 2.75) is 24.8 Å². The minimum Gasteiger partial charge on any atom is -0.399 e. The van der Waals surface area contributed by atoms with E-state index in [1.54, 1.807) is 30.3 Å². The van der Waals surface area contributed by atoms with Crippen LogP contribution in [0.25, 0.3) is 0 Å². The van der Waals surface area contributed by atoms with Gasteiger partial charge in [0.05, 0.1) is 6.04 Å². The average Bonchev–Trinajstić information content (AvgIpc) is 2.55. The zero-order chi connectivity index (χ0) is 17.1. The monoisotopic (exact) mass is 366 g/mol. The van der Waals surface area contributed by atoms with Crippen LogP contribution in [0.1, 0.15) is 34.5 Å². The SMILES string of the molecule is Cc1ccc(N)cc1C(=O)N(C)C(C)c1ccc(S(C)=O)cc1.Cl. The average molecular weight is 367 g/mol. The first-order valence-corrected chi connectivity index (χ1v) is 8.93. The summed E-state index contributed by atoms with van der Waals surface area (Å²) < 4.78 is 11.5. The molecule has 1 amide bonds. The predicted octanol–water partition coefficient (Wildman–Crippen LogP) is 3.57. The highest BCUT2D eigenvalue weighted by molar-refractivity contribution is 7.84. The Morgan fingerprint density at radius 3 is 2.29 bits per heavy atom. The van der Waals surface area contributed by atoms with Crippen molar-refractivity contribution in [2.24, 2.45) is 0 Å². The summed E-state index contributed by atoms with van der Waals surface area (Å²) in [5.74, 6) is -0.0644. The van der Waals surface area contributed by atoms with Crippen molar-refractivity contribution >= 4 is 34.8 Å². The smallest absolute Gasteiger partial charge is 0.254 e. The summed E-state index contributed by atoms with van der Waals surface area (Å²) in [6, 6.07) is 12.8. The third kappa shape index (κ3) is 4.36. The highest BCUT2D eigenvalue weighted by Gasteiger charge is 2.20.